The Morgan fingerprint density at radius 1 is 1.05 bits per heavy atom. The average molecular weight is 301 g/mol. The number of thiophene rings is 1. The van der Waals surface area contributed by atoms with Crippen LogP contribution >= 0.6 is 11.3 Å². The van der Waals surface area contributed by atoms with E-state index < -0.39 is 0 Å². The van der Waals surface area contributed by atoms with Crippen LogP contribution in [0.1, 0.15) is 34.5 Å². The first kappa shape index (κ1) is 14.3. The molecule has 1 aliphatic heterocycles. The van der Waals surface area contributed by atoms with E-state index in [2.05, 4.69) is 11.0 Å². The molecule has 2 heterocycles. The summed E-state index contributed by atoms with van der Waals surface area (Å²) in [5, 5.41) is 0.677. The monoisotopic (exact) mass is 301 g/mol. The second-order valence-corrected chi connectivity index (χ2v) is 6.44. The van der Waals surface area contributed by atoms with Crippen molar-refractivity contribution < 1.29 is 9.53 Å². The summed E-state index contributed by atoms with van der Waals surface area (Å²) in [6, 6.07) is 13.1. The molecule has 0 saturated carbocycles. The van der Waals surface area contributed by atoms with Gasteiger partial charge in [0, 0.05) is 11.4 Å². The Hall–Kier alpha value is -1.65. The second-order valence-electron chi connectivity index (χ2n) is 5.31. The summed E-state index contributed by atoms with van der Waals surface area (Å²) in [7, 11) is 0. The quantitative estimate of drug-likeness (QED) is 0.801. The number of hydrogen-bond donors (Lipinski definition) is 0. The van der Waals surface area contributed by atoms with E-state index >= 15 is 0 Å². The highest BCUT2D eigenvalue weighted by Gasteiger charge is 2.13. The number of hydrogen-bond acceptors (Lipinski definition) is 4. The third-order valence-corrected chi connectivity index (χ3v) is 4.62. The number of carbonyl (C=O) groups excluding carboxylic acids is 1. The molecule has 21 heavy (non-hydrogen) atoms. The molecule has 110 valence electrons. The highest BCUT2D eigenvalue weighted by atomic mass is 32.1. The molecule has 1 saturated heterocycles. The molecule has 2 aromatic rings. The van der Waals surface area contributed by atoms with E-state index in [4.69, 9.17) is 4.74 Å². The zero-order chi connectivity index (χ0) is 14.5. The summed E-state index contributed by atoms with van der Waals surface area (Å²) in [5.41, 5.74) is 0.587. The zero-order valence-electron chi connectivity index (χ0n) is 12.0. The van der Waals surface area contributed by atoms with Gasteiger partial charge in [0.15, 0.2) is 5.06 Å². The molecule has 0 amide bonds. The number of ether oxygens (including phenoxy) is 1. The fourth-order valence-electron chi connectivity index (χ4n) is 2.56. The van der Waals surface area contributed by atoms with Gasteiger partial charge in [-0.3, -0.25) is 4.90 Å². The lowest BCUT2D eigenvalue weighted by Gasteiger charge is -2.25. The summed E-state index contributed by atoms with van der Waals surface area (Å²) >= 11 is 1.56. The lowest BCUT2D eigenvalue weighted by atomic mass is 10.1. The number of benzene rings is 1. The van der Waals surface area contributed by atoms with Gasteiger partial charge >= 0.3 is 5.97 Å². The van der Waals surface area contributed by atoms with Crippen molar-refractivity contribution in [3.63, 3.8) is 0 Å². The van der Waals surface area contributed by atoms with E-state index in [1.165, 1.54) is 37.2 Å². The molecule has 3 nitrogen and oxygen atoms in total. The first-order valence-corrected chi connectivity index (χ1v) is 8.21. The third-order valence-electron chi connectivity index (χ3n) is 3.67. The fraction of sp³-hybridized carbons (Fsp3) is 0.353. The van der Waals surface area contributed by atoms with E-state index in [1.54, 1.807) is 23.5 Å². The predicted molar refractivity (Wildman–Crippen MR) is 84.8 cm³/mol. The van der Waals surface area contributed by atoms with Crippen LogP contribution in [-0.2, 0) is 6.54 Å². The van der Waals surface area contributed by atoms with Crippen LogP contribution < -0.4 is 4.74 Å². The summed E-state index contributed by atoms with van der Waals surface area (Å²) < 4.78 is 5.43. The largest absolute Gasteiger partial charge is 0.412 e. The number of esters is 1. The van der Waals surface area contributed by atoms with Crippen LogP contribution in [0, 0.1) is 0 Å². The first-order chi connectivity index (χ1) is 10.3. The Morgan fingerprint density at radius 3 is 2.57 bits per heavy atom. The second kappa shape index (κ2) is 6.87. The van der Waals surface area contributed by atoms with Crippen LogP contribution in [0.25, 0.3) is 0 Å². The van der Waals surface area contributed by atoms with Gasteiger partial charge in [-0.2, -0.15) is 0 Å². The van der Waals surface area contributed by atoms with E-state index in [9.17, 15) is 4.79 Å². The number of rotatable bonds is 4. The first-order valence-electron chi connectivity index (χ1n) is 7.39. The average Bonchev–Trinajstić information content (AvgIpc) is 2.96. The summed E-state index contributed by atoms with van der Waals surface area (Å²) in [6.07, 6.45) is 3.93. The molecule has 1 aromatic carbocycles. The number of piperidine rings is 1. The maximum atomic E-state index is 12.0. The van der Waals surface area contributed by atoms with Crippen LogP contribution in [0.15, 0.2) is 42.5 Å². The number of likely N-dealkylation sites (tertiary alicyclic amines) is 1. The lowest BCUT2D eigenvalue weighted by molar-refractivity contribution is 0.0740. The van der Waals surface area contributed by atoms with E-state index in [0.29, 0.717) is 10.6 Å². The molecule has 1 aliphatic rings. The molecule has 0 unspecified atom stereocenters. The fourth-order valence-corrected chi connectivity index (χ4v) is 3.46. The maximum Gasteiger partial charge on any atom is 0.344 e. The van der Waals surface area contributed by atoms with Crippen molar-refractivity contribution in [2.75, 3.05) is 13.1 Å². The Kier molecular flexibility index (Phi) is 4.68. The third kappa shape index (κ3) is 3.93. The van der Waals surface area contributed by atoms with E-state index in [1.807, 2.05) is 24.3 Å². The number of nitrogens with zero attached hydrogens (tertiary/aromatic N) is 1. The molecule has 4 heteroatoms. The van der Waals surface area contributed by atoms with E-state index in [-0.39, 0.29) is 5.97 Å². The van der Waals surface area contributed by atoms with Crippen LogP contribution in [0.4, 0.5) is 0 Å². The molecular formula is C17H19NO2S. The van der Waals surface area contributed by atoms with Crippen LogP contribution in [0.5, 0.6) is 5.06 Å². The topological polar surface area (TPSA) is 29.5 Å². The van der Waals surface area contributed by atoms with Gasteiger partial charge in [0.05, 0.1) is 5.56 Å². The molecule has 1 fully saturated rings. The summed E-state index contributed by atoms with van der Waals surface area (Å²) in [5.74, 6) is -0.290. The van der Waals surface area contributed by atoms with Crippen LogP contribution in [-0.4, -0.2) is 24.0 Å². The molecular weight excluding hydrogens is 282 g/mol. The Morgan fingerprint density at radius 2 is 1.81 bits per heavy atom. The lowest BCUT2D eigenvalue weighted by Crippen LogP contribution is -2.28. The smallest absolute Gasteiger partial charge is 0.344 e. The molecule has 0 spiro atoms. The van der Waals surface area contributed by atoms with Crippen molar-refractivity contribution in [3.8, 4) is 5.06 Å². The summed E-state index contributed by atoms with van der Waals surface area (Å²) in [4.78, 5) is 15.7. The Labute approximate surface area is 129 Å². The van der Waals surface area contributed by atoms with Crippen molar-refractivity contribution >= 4 is 17.3 Å². The van der Waals surface area contributed by atoms with Crippen molar-refractivity contribution in [2.45, 2.75) is 25.8 Å². The molecule has 3 rings (SSSR count). The highest BCUT2D eigenvalue weighted by molar-refractivity contribution is 7.13. The van der Waals surface area contributed by atoms with Crippen molar-refractivity contribution in [1.29, 1.82) is 0 Å². The molecule has 0 bridgehead atoms. The Bertz CT molecular complexity index is 588. The molecule has 0 radical (unpaired) electrons. The van der Waals surface area contributed by atoms with Gasteiger partial charge in [-0.1, -0.05) is 24.6 Å². The standard InChI is InChI=1S/C17H19NO2S/c19-17(14-7-3-1-4-8-14)20-16-10-9-15(21-16)13-18-11-5-2-6-12-18/h1,3-4,7-10H,2,5-6,11-13H2. The highest BCUT2D eigenvalue weighted by Crippen LogP contribution is 2.27. The van der Waals surface area contributed by atoms with Crippen molar-refractivity contribution in [2.24, 2.45) is 0 Å². The zero-order valence-corrected chi connectivity index (χ0v) is 12.8. The molecule has 1 aromatic heterocycles. The van der Waals surface area contributed by atoms with Gasteiger partial charge in [0.2, 0.25) is 0 Å². The van der Waals surface area contributed by atoms with Crippen molar-refractivity contribution in [1.82, 2.24) is 4.90 Å². The maximum absolute atomic E-state index is 12.0. The van der Waals surface area contributed by atoms with Crippen molar-refractivity contribution in [3.05, 3.63) is 52.9 Å². The molecule has 0 N–H and O–H groups in total. The van der Waals surface area contributed by atoms with Crippen LogP contribution in [0.2, 0.25) is 0 Å². The minimum atomic E-state index is -0.290. The predicted octanol–water partition coefficient (Wildman–Crippen LogP) is 3.95. The minimum absolute atomic E-state index is 0.290. The molecule has 0 atom stereocenters. The van der Waals surface area contributed by atoms with Gasteiger partial charge in [0.25, 0.3) is 0 Å². The van der Waals surface area contributed by atoms with Gasteiger partial charge in [-0.05, 0) is 50.2 Å². The van der Waals surface area contributed by atoms with Gasteiger partial charge in [-0.25, -0.2) is 4.79 Å². The van der Waals surface area contributed by atoms with Crippen LogP contribution in [0.3, 0.4) is 0 Å². The van der Waals surface area contributed by atoms with E-state index in [0.717, 1.165) is 6.54 Å². The SMILES string of the molecule is O=C(Oc1ccc(CN2CCCCC2)s1)c1ccccc1. The Balaban J connectivity index is 1.58. The van der Waals surface area contributed by atoms with Gasteiger partial charge in [-0.15, -0.1) is 11.3 Å². The molecule has 0 aliphatic carbocycles. The van der Waals surface area contributed by atoms with Gasteiger partial charge in [0.1, 0.15) is 0 Å². The minimum Gasteiger partial charge on any atom is -0.412 e. The summed E-state index contributed by atoms with van der Waals surface area (Å²) in [6.45, 7) is 3.32. The van der Waals surface area contributed by atoms with Gasteiger partial charge < -0.3 is 4.74 Å². The normalized spacial score (nSPS) is 15.8. The number of carbonyl (C=O) groups is 1.